The number of aromatic nitrogens is 1. The third-order valence-electron chi connectivity index (χ3n) is 5.16. The van der Waals surface area contributed by atoms with E-state index in [-0.39, 0.29) is 11.9 Å². The highest BCUT2D eigenvalue weighted by Crippen LogP contribution is 2.28. The monoisotopic (exact) mass is 415 g/mol. The van der Waals surface area contributed by atoms with Crippen molar-refractivity contribution in [2.75, 3.05) is 20.6 Å². The third-order valence-corrected chi connectivity index (χ3v) is 6.18. The van der Waals surface area contributed by atoms with Gasteiger partial charge in [0, 0.05) is 7.05 Å². The van der Waals surface area contributed by atoms with E-state index < -0.39 is 0 Å². The molecule has 0 unspecified atom stereocenters. The Hall–Kier alpha value is -3.02. The van der Waals surface area contributed by atoms with Gasteiger partial charge < -0.3 is 4.90 Å². The zero-order chi connectivity index (χ0) is 20.9. The van der Waals surface area contributed by atoms with Crippen LogP contribution in [-0.2, 0) is 11.3 Å². The van der Waals surface area contributed by atoms with E-state index in [1.165, 1.54) is 4.70 Å². The van der Waals surface area contributed by atoms with E-state index in [0.29, 0.717) is 13.1 Å². The molecule has 0 aliphatic rings. The van der Waals surface area contributed by atoms with Gasteiger partial charge in [0.05, 0.1) is 29.3 Å². The highest BCUT2D eigenvalue weighted by molar-refractivity contribution is 7.18. The van der Waals surface area contributed by atoms with Crippen molar-refractivity contribution in [1.29, 1.82) is 0 Å². The van der Waals surface area contributed by atoms with Crippen LogP contribution in [-0.4, -0.2) is 41.3 Å². The number of thiazole rings is 1. The molecule has 4 nitrogen and oxygen atoms in total. The van der Waals surface area contributed by atoms with Crippen LogP contribution in [0.15, 0.2) is 84.9 Å². The maximum absolute atomic E-state index is 13.2. The Bertz CT molecular complexity index is 1040. The number of para-hydroxylation sites is 1. The lowest BCUT2D eigenvalue weighted by molar-refractivity contribution is -0.132. The van der Waals surface area contributed by atoms with Crippen LogP contribution in [0.3, 0.4) is 0 Å². The first-order chi connectivity index (χ1) is 14.6. The summed E-state index contributed by atoms with van der Waals surface area (Å²) in [6.45, 7) is 0.989. The number of hydrogen-bond acceptors (Lipinski definition) is 4. The number of nitrogens with zero attached hydrogens (tertiary/aromatic N) is 3. The van der Waals surface area contributed by atoms with E-state index in [1.807, 2.05) is 78.5 Å². The average Bonchev–Trinajstić information content (AvgIpc) is 3.17. The molecule has 0 saturated carbocycles. The second-order valence-corrected chi connectivity index (χ2v) is 8.59. The Morgan fingerprint density at radius 2 is 1.43 bits per heavy atom. The van der Waals surface area contributed by atoms with Crippen molar-refractivity contribution < 1.29 is 4.79 Å². The summed E-state index contributed by atoms with van der Waals surface area (Å²) in [5.41, 5.74) is 3.23. The first-order valence-electron chi connectivity index (χ1n) is 10.0. The molecule has 0 radical (unpaired) electrons. The van der Waals surface area contributed by atoms with Gasteiger partial charge in [0.1, 0.15) is 5.01 Å². The summed E-state index contributed by atoms with van der Waals surface area (Å²) in [5.74, 6) is 0.0799. The van der Waals surface area contributed by atoms with E-state index in [4.69, 9.17) is 0 Å². The van der Waals surface area contributed by atoms with Crippen LogP contribution in [0.2, 0.25) is 0 Å². The quantitative estimate of drug-likeness (QED) is 0.427. The summed E-state index contributed by atoms with van der Waals surface area (Å²) in [5, 5.41) is 1.02. The van der Waals surface area contributed by atoms with E-state index in [2.05, 4.69) is 35.3 Å². The zero-order valence-corrected chi connectivity index (χ0v) is 18.0. The zero-order valence-electron chi connectivity index (χ0n) is 17.2. The number of benzene rings is 3. The maximum Gasteiger partial charge on any atom is 0.237 e. The van der Waals surface area contributed by atoms with Gasteiger partial charge in [-0.25, -0.2) is 4.98 Å². The fourth-order valence-electron chi connectivity index (χ4n) is 3.67. The molecular formula is C25H25N3OS. The molecule has 1 amide bonds. The predicted molar refractivity (Wildman–Crippen MR) is 123 cm³/mol. The normalized spacial score (nSPS) is 11.3. The minimum Gasteiger partial charge on any atom is -0.334 e. The molecule has 4 aromatic rings. The van der Waals surface area contributed by atoms with Gasteiger partial charge in [-0.3, -0.25) is 9.69 Å². The van der Waals surface area contributed by atoms with Crippen LogP contribution in [0.4, 0.5) is 0 Å². The molecule has 0 saturated heterocycles. The third kappa shape index (κ3) is 4.58. The molecule has 0 N–H and O–H groups in total. The molecular weight excluding hydrogens is 390 g/mol. The molecule has 30 heavy (non-hydrogen) atoms. The summed E-state index contributed by atoms with van der Waals surface area (Å²) in [6.07, 6.45) is 0. The van der Waals surface area contributed by atoms with Crippen LogP contribution < -0.4 is 0 Å². The predicted octanol–water partition coefficient (Wildman–Crippen LogP) is 4.98. The maximum atomic E-state index is 13.2. The molecule has 3 aromatic carbocycles. The number of hydrogen-bond donors (Lipinski definition) is 0. The summed E-state index contributed by atoms with van der Waals surface area (Å²) < 4.78 is 1.18. The Kier molecular flexibility index (Phi) is 6.21. The summed E-state index contributed by atoms with van der Waals surface area (Å²) in [6, 6.07) is 28.4. The SMILES string of the molecule is CN(CC(=O)N(C)C(c1ccccc1)c1ccccc1)Cc1nc2ccccc2s1. The first-order valence-corrected chi connectivity index (χ1v) is 10.8. The first kappa shape index (κ1) is 20.3. The standard InChI is InChI=1S/C25H25N3OS/c1-27(17-23-26-21-15-9-10-16-22(21)30-23)18-24(29)28(2)25(19-11-5-3-6-12-19)20-13-7-4-8-14-20/h3-16,25H,17-18H2,1-2H3. The van der Waals surface area contributed by atoms with Gasteiger partial charge in [0.25, 0.3) is 0 Å². The highest BCUT2D eigenvalue weighted by atomic mass is 32.1. The van der Waals surface area contributed by atoms with Gasteiger partial charge in [-0.2, -0.15) is 0 Å². The number of fused-ring (bicyclic) bond motifs is 1. The molecule has 0 spiro atoms. The number of carbonyl (C=O) groups excluding carboxylic acids is 1. The Balaban J connectivity index is 1.49. The van der Waals surface area contributed by atoms with Gasteiger partial charge in [0.15, 0.2) is 0 Å². The number of amides is 1. The van der Waals surface area contributed by atoms with E-state index >= 15 is 0 Å². The van der Waals surface area contributed by atoms with Crippen molar-refractivity contribution in [3.8, 4) is 0 Å². The molecule has 5 heteroatoms. The Labute approximate surface area is 181 Å². The van der Waals surface area contributed by atoms with E-state index in [1.54, 1.807) is 11.3 Å². The van der Waals surface area contributed by atoms with Crippen molar-refractivity contribution >= 4 is 27.5 Å². The molecule has 4 rings (SSSR count). The Morgan fingerprint density at radius 3 is 2.03 bits per heavy atom. The van der Waals surface area contributed by atoms with Gasteiger partial charge in [-0.15, -0.1) is 11.3 Å². The second-order valence-electron chi connectivity index (χ2n) is 7.48. The smallest absolute Gasteiger partial charge is 0.237 e. The summed E-state index contributed by atoms with van der Waals surface area (Å²) in [7, 11) is 3.86. The van der Waals surface area contributed by atoms with E-state index in [9.17, 15) is 4.79 Å². The van der Waals surface area contributed by atoms with Crippen molar-refractivity contribution in [1.82, 2.24) is 14.8 Å². The minimum absolute atomic E-state index is 0.0799. The molecule has 152 valence electrons. The molecule has 0 aliphatic carbocycles. The molecule has 0 bridgehead atoms. The van der Waals surface area contributed by atoms with Crippen molar-refractivity contribution in [2.45, 2.75) is 12.6 Å². The Morgan fingerprint density at radius 1 is 0.867 bits per heavy atom. The largest absolute Gasteiger partial charge is 0.334 e. The van der Waals surface area contributed by atoms with Crippen molar-refractivity contribution in [2.24, 2.45) is 0 Å². The molecule has 1 heterocycles. The number of rotatable bonds is 7. The molecule has 0 atom stereocenters. The highest BCUT2D eigenvalue weighted by Gasteiger charge is 2.24. The topological polar surface area (TPSA) is 36.4 Å². The van der Waals surface area contributed by atoms with Gasteiger partial charge in [-0.1, -0.05) is 72.8 Å². The lowest BCUT2D eigenvalue weighted by Gasteiger charge is -2.30. The average molecular weight is 416 g/mol. The molecule has 0 aliphatic heterocycles. The van der Waals surface area contributed by atoms with Gasteiger partial charge >= 0.3 is 0 Å². The van der Waals surface area contributed by atoms with Crippen LogP contribution in [0.1, 0.15) is 22.2 Å². The lowest BCUT2D eigenvalue weighted by Crippen LogP contribution is -2.39. The minimum atomic E-state index is -0.115. The van der Waals surface area contributed by atoms with Crippen LogP contribution in [0.5, 0.6) is 0 Å². The van der Waals surface area contributed by atoms with Gasteiger partial charge in [0.2, 0.25) is 5.91 Å². The second kappa shape index (κ2) is 9.20. The molecule has 0 fully saturated rings. The van der Waals surface area contributed by atoms with Crippen molar-refractivity contribution in [3.63, 3.8) is 0 Å². The summed E-state index contributed by atoms with van der Waals surface area (Å²) in [4.78, 5) is 21.7. The van der Waals surface area contributed by atoms with Crippen LogP contribution >= 0.6 is 11.3 Å². The lowest BCUT2D eigenvalue weighted by atomic mass is 9.97. The molecule has 1 aromatic heterocycles. The van der Waals surface area contributed by atoms with Crippen LogP contribution in [0, 0.1) is 0 Å². The number of likely N-dealkylation sites (N-methyl/N-ethyl adjacent to an activating group) is 2. The van der Waals surface area contributed by atoms with Gasteiger partial charge in [-0.05, 0) is 30.3 Å². The fraction of sp³-hybridized carbons (Fsp3) is 0.200. The van der Waals surface area contributed by atoms with Crippen LogP contribution in [0.25, 0.3) is 10.2 Å². The number of carbonyl (C=O) groups is 1. The fourth-order valence-corrected chi connectivity index (χ4v) is 4.72. The van der Waals surface area contributed by atoms with Crippen molar-refractivity contribution in [3.05, 3.63) is 101 Å². The summed E-state index contributed by atoms with van der Waals surface area (Å²) >= 11 is 1.68. The van der Waals surface area contributed by atoms with E-state index in [0.717, 1.165) is 21.7 Å².